The van der Waals surface area contributed by atoms with Crippen LogP contribution in [0.4, 0.5) is 4.39 Å². The van der Waals surface area contributed by atoms with Crippen LogP contribution < -0.4 is 0 Å². The number of halogens is 1. The van der Waals surface area contributed by atoms with E-state index in [4.69, 9.17) is 4.42 Å². The van der Waals surface area contributed by atoms with Gasteiger partial charge < -0.3 is 9.32 Å². The first-order valence-corrected chi connectivity index (χ1v) is 9.66. The third kappa shape index (κ3) is 4.82. The fourth-order valence-corrected chi connectivity index (χ4v) is 3.85. The summed E-state index contributed by atoms with van der Waals surface area (Å²) >= 11 is 1.25. The van der Waals surface area contributed by atoms with Gasteiger partial charge in [-0.15, -0.1) is 10.2 Å². The molecule has 8 heteroatoms. The molecule has 1 aliphatic heterocycles. The van der Waals surface area contributed by atoms with E-state index in [1.165, 1.54) is 17.8 Å². The normalized spacial score (nSPS) is 18.0. The van der Waals surface area contributed by atoms with Crippen LogP contribution >= 0.6 is 11.8 Å². The van der Waals surface area contributed by atoms with Crippen molar-refractivity contribution in [2.24, 2.45) is 0 Å². The van der Waals surface area contributed by atoms with Crippen molar-refractivity contribution in [3.8, 4) is 0 Å². The van der Waals surface area contributed by atoms with Crippen molar-refractivity contribution in [1.29, 1.82) is 0 Å². The van der Waals surface area contributed by atoms with Gasteiger partial charge in [0.15, 0.2) is 0 Å². The van der Waals surface area contributed by atoms with E-state index in [0.717, 1.165) is 25.9 Å². The molecule has 1 aromatic heterocycles. The number of rotatable bonds is 6. The van der Waals surface area contributed by atoms with Crippen molar-refractivity contribution in [2.45, 2.75) is 37.6 Å². The van der Waals surface area contributed by atoms with Crippen LogP contribution in [0.2, 0.25) is 0 Å². The van der Waals surface area contributed by atoms with Crippen LogP contribution in [-0.4, -0.2) is 57.8 Å². The molecule has 26 heavy (non-hydrogen) atoms. The third-order valence-electron chi connectivity index (χ3n) is 4.60. The summed E-state index contributed by atoms with van der Waals surface area (Å²) in [5, 5.41) is 8.06. The topological polar surface area (TPSA) is 62.5 Å². The lowest BCUT2D eigenvalue weighted by molar-refractivity contribution is -0.130. The Kier molecular flexibility index (Phi) is 6.26. The molecule has 1 aromatic carbocycles. The Hall–Kier alpha value is -1.93. The molecule has 2 heterocycles. The number of likely N-dealkylation sites (tertiary alicyclic amines) is 1. The van der Waals surface area contributed by atoms with Gasteiger partial charge in [-0.25, -0.2) is 4.39 Å². The second kappa shape index (κ2) is 8.64. The van der Waals surface area contributed by atoms with Gasteiger partial charge in [0.2, 0.25) is 11.8 Å². The molecule has 1 atom stereocenters. The summed E-state index contributed by atoms with van der Waals surface area (Å²) in [5.74, 6) is 0.611. The lowest BCUT2D eigenvalue weighted by atomic mass is 10.0. The minimum atomic E-state index is -0.176. The number of aryl methyl sites for hydroxylation is 1. The zero-order valence-corrected chi connectivity index (χ0v) is 15.8. The largest absolute Gasteiger partial charge is 0.416 e. The first kappa shape index (κ1) is 18.8. The Morgan fingerprint density at radius 1 is 1.42 bits per heavy atom. The maximum absolute atomic E-state index is 13.9. The molecule has 0 N–H and O–H groups in total. The Bertz CT molecular complexity index is 754. The number of hydrogen-bond acceptors (Lipinski definition) is 6. The number of nitrogens with zero attached hydrogens (tertiary/aromatic N) is 4. The lowest BCUT2D eigenvalue weighted by Crippen LogP contribution is -2.48. The highest BCUT2D eigenvalue weighted by molar-refractivity contribution is 7.99. The van der Waals surface area contributed by atoms with Crippen molar-refractivity contribution in [2.75, 3.05) is 25.9 Å². The Balaban J connectivity index is 1.52. The molecule has 0 spiro atoms. The van der Waals surface area contributed by atoms with Gasteiger partial charge in [0.25, 0.3) is 5.22 Å². The second-order valence-corrected chi connectivity index (χ2v) is 7.43. The van der Waals surface area contributed by atoms with E-state index in [0.29, 0.717) is 23.2 Å². The van der Waals surface area contributed by atoms with Gasteiger partial charge in [-0.2, -0.15) is 0 Å². The van der Waals surface area contributed by atoms with Gasteiger partial charge in [-0.05, 0) is 25.5 Å². The van der Waals surface area contributed by atoms with E-state index in [9.17, 15) is 9.18 Å². The van der Waals surface area contributed by atoms with Crippen molar-refractivity contribution in [3.05, 3.63) is 41.5 Å². The smallest absolute Gasteiger partial charge is 0.277 e. The summed E-state index contributed by atoms with van der Waals surface area (Å²) in [4.78, 5) is 16.5. The van der Waals surface area contributed by atoms with E-state index in [1.54, 1.807) is 17.9 Å². The summed E-state index contributed by atoms with van der Waals surface area (Å²) in [6, 6.07) is 6.99. The lowest BCUT2D eigenvalue weighted by Gasteiger charge is -2.37. The van der Waals surface area contributed by atoms with Crippen LogP contribution in [0, 0.1) is 12.7 Å². The number of benzene rings is 1. The molecule has 0 aliphatic carbocycles. The van der Waals surface area contributed by atoms with E-state index < -0.39 is 0 Å². The van der Waals surface area contributed by atoms with Gasteiger partial charge >= 0.3 is 0 Å². The standard InChI is InChI=1S/C18H23FN4O2S/c1-13-20-21-18(25-13)26-12-17(24)22(2)15-7-5-9-23(11-15)10-14-6-3-4-8-16(14)19/h3-4,6,8,15H,5,7,9-12H2,1-2H3. The predicted octanol–water partition coefficient (Wildman–Crippen LogP) is 2.73. The van der Waals surface area contributed by atoms with Crippen molar-refractivity contribution in [3.63, 3.8) is 0 Å². The van der Waals surface area contributed by atoms with Crippen LogP contribution in [0.15, 0.2) is 33.9 Å². The van der Waals surface area contributed by atoms with Gasteiger partial charge in [0.1, 0.15) is 5.82 Å². The summed E-state index contributed by atoms with van der Waals surface area (Å²) in [5.41, 5.74) is 0.699. The molecular formula is C18H23FN4O2S. The van der Waals surface area contributed by atoms with Crippen LogP contribution in [0.5, 0.6) is 0 Å². The molecule has 140 valence electrons. The predicted molar refractivity (Wildman–Crippen MR) is 97.2 cm³/mol. The molecule has 6 nitrogen and oxygen atoms in total. The average Bonchev–Trinajstić information content (AvgIpc) is 3.06. The van der Waals surface area contributed by atoms with Crippen LogP contribution in [-0.2, 0) is 11.3 Å². The van der Waals surface area contributed by atoms with Crippen molar-refractivity contribution < 1.29 is 13.6 Å². The Labute approximate surface area is 156 Å². The van der Waals surface area contributed by atoms with E-state index in [1.807, 2.05) is 19.2 Å². The zero-order valence-electron chi connectivity index (χ0n) is 15.0. The molecule has 1 amide bonds. The van der Waals surface area contributed by atoms with E-state index >= 15 is 0 Å². The van der Waals surface area contributed by atoms with E-state index in [2.05, 4.69) is 15.1 Å². The summed E-state index contributed by atoms with van der Waals surface area (Å²) in [7, 11) is 1.83. The number of carbonyl (C=O) groups excluding carboxylic acids is 1. The fourth-order valence-electron chi connectivity index (χ4n) is 3.12. The molecular weight excluding hydrogens is 355 g/mol. The SMILES string of the molecule is Cc1nnc(SCC(=O)N(C)C2CCCN(Cc3ccccc3F)C2)o1. The van der Waals surface area contributed by atoms with Gasteiger partial charge in [-0.1, -0.05) is 30.0 Å². The summed E-state index contributed by atoms with van der Waals surface area (Å²) < 4.78 is 19.2. The van der Waals surface area contributed by atoms with Crippen LogP contribution in [0.3, 0.4) is 0 Å². The first-order chi connectivity index (χ1) is 12.5. The number of piperidine rings is 1. The number of thioether (sulfide) groups is 1. The number of aromatic nitrogens is 2. The Morgan fingerprint density at radius 2 is 2.23 bits per heavy atom. The molecule has 1 aliphatic rings. The molecule has 2 aromatic rings. The molecule has 0 radical (unpaired) electrons. The zero-order chi connectivity index (χ0) is 18.5. The maximum atomic E-state index is 13.9. The number of hydrogen-bond donors (Lipinski definition) is 0. The Morgan fingerprint density at radius 3 is 2.96 bits per heavy atom. The molecule has 3 rings (SSSR count). The van der Waals surface area contributed by atoms with E-state index in [-0.39, 0.29) is 23.5 Å². The summed E-state index contributed by atoms with van der Waals surface area (Å²) in [6.07, 6.45) is 1.95. The number of carbonyl (C=O) groups is 1. The third-order valence-corrected chi connectivity index (χ3v) is 5.40. The molecule has 1 unspecified atom stereocenters. The first-order valence-electron chi connectivity index (χ1n) is 8.67. The quantitative estimate of drug-likeness (QED) is 0.721. The highest BCUT2D eigenvalue weighted by Crippen LogP contribution is 2.21. The second-order valence-electron chi connectivity index (χ2n) is 6.50. The van der Waals surface area contributed by atoms with Gasteiger partial charge in [0.05, 0.1) is 5.75 Å². The number of likely N-dealkylation sites (N-methyl/N-ethyl adjacent to an activating group) is 1. The van der Waals surface area contributed by atoms with Crippen molar-refractivity contribution in [1.82, 2.24) is 20.0 Å². The monoisotopic (exact) mass is 378 g/mol. The molecule has 0 bridgehead atoms. The fraction of sp³-hybridized carbons (Fsp3) is 0.500. The number of amides is 1. The average molecular weight is 378 g/mol. The highest BCUT2D eigenvalue weighted by Gasteiger charge is 2.26. The van der Waals surface area contributed by atoms with Gasteiger partial charge in [-0.3, -0.25) is 9.69 Å². The van der Waals surface area contributed by atoms with Crippen LogP contribution in [0.1, 0.15) is 24.3 Å². The molecule has 1 saturated heterocycles. The summed E-state index contributed by atoms with van der Waals surface area (Å²) in [6.45, 7) is 3.96. The van der Waals surface area contributed by atoms with Crippen molar-refractivity contribution >= 4 is 17.7 Å². The molecule has 0 saturated carbocycles. The minimum absolute atomic E-state index is 0.0311. The van der Waals surface area contributed by atoms with Crippen LogP contribution in [0.25, 0.3) is 0 Å². The molecule has 1 fully saturated rings. The van der Waals surface area contributed by atoms with Gasteiger partial charge in [0, 0.05) is 38.7 Å². The highest BCUT2D eigenvalue weighted by atomic mass is 32.2. The maximum Gasteiger partial charge on any atom is 0.277 e. The minimum Gasteiger partial charge on any atom is -0.416 e.